The summed E-state index contributed by atoms with van der Waals surface area (Å²) in [4.78, 5) is 2.30. The molecule has 2 aliphatic rings. The molecule has 0 spiro atoms. The van der Waals surface area contributed by atoms with Crippen LogP contribution in [0.2, 0.25) is 0 Å². The van der Waals surface area contributed by atoms with Crippen molar-refractivity contribution in [2.75, 3.05) is 31.2 Å². The van der Waals surface area contributed by atoms with E-state index in [1.807, 2.05) is 31.2 Å². The number of nitrogens with one attached hydrogen (secondary N) is 1. The topological polar surface area (TPSA) is 100 Å². The van der Waals surface area contributed by atoms with Gasteiger partial charge in [0.05, 0.1) is 30.4 Å². The molecule has 31 heavy (non-hydrogen) atoms. The molecule has 0 saturated carbocycles. The molecule has 0 bridgehead atoms. The maximum Gasteiger partial charge on any atom is 0.244 e. The van der Waals surface area contributed by atoms with E-state index in [1.54, 1.807) is 0 Å². The quantitative estimate of drug-likeness (QED) is 0.682. The highest BCUT2D eigenvalue weighted by Gasteiger charge is 2.35. The zero-order chi connectivity index (χ0) is 21.4. The van der Waals surface area contributed by atoms with E-state index in [4.69, 9.17) is 15.2 Å². The van der Waals surface area contributed by atoms with Gasteiger partial charge in [-0.15, -0.1) is 5.10 Å². The number of benzene rings is 2. The van der Waals surface area contributed by atoms with E-state index in [2.05, 4.69) is 45.4 Å². The fraction of sp³-hybridized carbons (Fsp3) is 0.250. The number of fused-ring (bicyclic) bond motifs is 1. The maximum atomic E-state index is 9.89. The first kappa shape index (κ1) is 19.2. The predicted molar refractivity (Wildman–Crippen MR) is 118 cm³/mol. The molecule has 2 aromatic carbocycles. The minimum Gasteiger partial charge on any atom is -0.420 e. The van der Waals surface area contributed by atoms with Gasteiger partial charge in [0.1, 0.15) is 11.6 Å². The standard InChI is InChI=1S/C24H23N5O2/c1-15-2-4-17(5-3-15)22-21-20(19(14-25)23(26)31-24(21)28-27-22)16-6-8-18(9-7-16)29-10-12-30-13-11-29/h2-9,20H,10-13,26H2,1H3,(H,27,28)/t20-/m1/s1. The molecule has 3 heterocycles. The van der Waals surface area contributed by atoms with Crippen molar-refractivity contribution >= 4 is 5.69 Å². The Morgan fingerprint density at radius 2 is 1.81 bits per heavy atom. The Morgan fingerprint density at radius 3 is 2.48 bits per heavy atom. The predicted octanol–water partition coefficient (Wildman–Crippen LogP) is 3.44. The number of rotatable bonds is 3. The molecule has 156 valence electrons. The Kier molecular flexibility index (Phi) is 4.85. The summed E-state index contributed by atoms with van der Waals surface area (Å²) in [5, 5.41) is 17.3. The lowest BCUT2D eigenvalue weighted by Crippen LogP contribution is -2.36. The van der Waals surface area contributed by atoms with Crippen molar-refractivity contribution in [3.05, 3.63) is 76.7 Å². The lowest BCUT2D eigenvalue weighted by Gasteiger charge is -2.29. The molecule has 3 aromatic rings. The summed E-state index contributed by atoms with van der Waals surface area (Å²) in [6, 6.07) is 18.7. The molecule has 1 atom stereocenters. The zero-order valence-corrected chi connectivity index (χ0v) is 17.3. The Balaban J connectivity index is 1.58. The zero-order valence-electron chi connectivity index (χ0n) is 17.3. The van der Waals surface area contributed by atoms with E-state index in [9.17, 15) is 5.26 Å². The van der Waals surface area contributed by atoms with Gasteiger partial charge in [-0.1, -0.05) is 42.0 Å². The number of nitrogens with two attached hydrogens (primary N) is 1. The minimum atomic E-state index is -0.359. The first-order valence-electron chi connectivity index (χ1n) is 10.3. The van der Waals surface area contributed by atoms with Gasteiger partial charge < -0.3 is 20.1 Å². The Bertz CT molecular complexity index is 1170. The number of morpholine rings is 1. The molecule has 7 heteroatoms. The number of nitrogens with zero attached hydrogens (tertiary/aromatic N) is 3. The SMILES string of the molecule is Cc1ccc(-c2[nH]nc3c2[C@H](c2ccc(N4CCOCC4)cc2)C(C#N)=C(N)O3)cc1. The van der Waals surface area contributed by atoms with E-state index in [1.165, 1.54) is 5.56 Å². The number of ether oxygens (including phenoxy) is 2. The van der Waals surface area contributed by atoms with Gasteiger partial charge in [0.15, 0.2) is 0 Å². The van der Waals surface area contributed by atoms with E-state index in [0.29, 0.717) is 11.5 Å². The van der Waals surface area contributed by atoms with Crippen LogP contribution in [0.5, 0.6) is 5.88 Å². The van der Waals surface area contributed by atoms with Gasteiger partial charge in [0, 0.05) is 24.3 Å². The van der Waals surface area contributed by atoms with Gasteiger partial charge in [-0.2, -0.15) is 5.26 Å². The average molecular weight is 413 g/mol. The summed E-state index contributed by atoms with van der Waals surface area (Å²) in [5.74, 6) is 0.149. The van der Waals surface area contributed by atoms with Crippen LogP contribution < -0.4 is 15.4 Å². The smallest absolute Gasteiger partial charge is 0.244 e. The summed E-state index contributed by atoms with van der Waals surface area (Å²) in [7, 11) is 0. The summed E-state index contributed by atoms with van der Waals surface area (Å²) in [6.07, 6.45) is 0. The van der Waals surface area contributed by atoms with Crippen LogP contribution in [0, 0.1) is 18.3 Å². The van der Waals surface area contributed by atoms with Crippen molar-refractivity contribution in [2.24, 2.45) is 5.73 Å². The molecule has 2 aliphatic heterocycles. The molecule has 1 saturated heterocycles. The Hall–Kier alpha value is -3.76. The number of H-pyrrole nitrogens is 1. The van der Waals surface area contributed by atoms with Gasteiger partial charge in [-0.25, -0.2) is 0 Å². The van der Waals surface area contributed by atoms with Crippen molar-refractivity contribution in [3.63, 3.8) is 0 Å². The molecule has 3 N–H and O–H groups in total. The number of hydrogen-bond acceptors (Lipinski definition) is 6. The molecule has 0 unspecified atom stereocenters. The minimum absolute atomic E-state index is 0.0965. The number of aryl methyl sites for hydroxylation is 1. The van der Waals surface area contributed by atoms with Crippen LogP contribution in [-0.2, 0) is 4.74 Å². The Labute approximate surface area is 180 Å². The van der Waals surface area contributed by atoms with Gasteiger partial charge >= 0.3 is 0 Å². The molecule has 7 nitrogen and oxygen atoms in total. The second-order valence-corrected chi connectivity index (χ2v) is 7.80. The lowest BCUT2D eigenvalue weighted by molar-refractivity contribution is 0.122. The molecular formula is C24H23N5O2. The van der Waals surface area contributed by atoms with Crippen LogP contribution in [0.4, 0.5) is 5.69 Å². The molecular weight excluding hydrogens is 390 g/mol. The summed E-state index contributed by atoms with van der Waals surface area (Å²) in [6.45, 7) is 5.26. The monoisotopic (exact) mass is 413 g/mol. The van der Waals surface area contributed by atoms with Gasteiger partial charge in [-0.3, -0.25) is 5.10 Å². The second-order valence-electron chi connectivity index (χ2n) is 7.80. The molecule has 0 amide bonds. The Morgan fingerprint density at radius 1 is 1.10 bits per heavy atom. The van der Waals surface area contributed by atoms with Crippen LogP contribution in [-0.4, -0.2) is 36.5 Å². The number of allylic oxidation sites excluding steroid dienone is 1. The van der Waals surface area contributed by atoms with Crippen LogP contribution in [0.15, 0.2) is 60.0 Å². The third-order valence-corrected chi connectivity index (χ3v) is 5.88. The van der Waals surface area contributed by atoms with E-state index in [0.717, 1.165) is 54.4 Å². The molecule has 0 aliphatic carbocycles. The van der Waals surface area contributed by atoms with Crippen molar-refractivity contribution < 1.29 is 9.47 Å². The van der Waals surface area contributed by atoms with Crippen molar-refractivity contribution in [1.82, 2.24) is 10.2 Å². The summed E-state index contributed by atoms with van der Waals surface area (Å²) >= 11 is 0. The van der Waals surface area contributed by atoms with Gasteiger partial charge in [0.2, 0.25) is 11.8 Å². The van der Waals surface area contributed by atoms with Crippen LogP contribution >= 0.6 is 0 Å². The number of aromatic amines is 1. The molecule has 5 rings (SSSR count). The van der Waals surface area contributed by atoms with Crippen molar-refractivity contribution in [2.45, 2.75) is 12.8 Å². The van der Waals surface area contributed by atoms with Crippen LogP contribution in [0.25, 0.3) is 11.3 Å². The van der Waals surface area contributed by atoms with E-state index >= 15 is 0 Å². The number of anilines is 1. The molecule has 1 fully saturated rings. The third kappa shape index (κ3) is 3.41. The highest BCUT2D eigenvalue weighted by Crippen LogP contribution is 2.45. The van der Waals surface area contributed by atoms with Gasteiger partial charge in [0.25, 0.3) is 0 Å². The molecule has 1 aromatic heterocycles. The number of aromatic nitrogens is 2. The van der Waals surface area contributed by atoms with Crippen LogP contribution in [0.1, 0.15) is 22.6 Å². The van der Waals surface area contributed by atoms with Crippen molar-refractivity contribution in [1.29, 1.82) is 5.26 Å². The lowest BCUT2D eigenvalue weighted by atomic mass is 9.83. The highest BCUT2D eigenvalue weighted by molar-refractivity contribution is 5.71. The number of nitriles is 1. The first-order chi connectivity index (χ1) is 15.2. The van der Waals surface area contributed by atoms with Crippen LogP contribution in [0.3, 0.4) is 0 Å². The van der Waals surface area contributed by atoms with E-state index < -0.39 is 0 Å². The maximum absolute atomic E-state index is 9.89. The summed E-state index contributed by atoms with van der Waals surface area (Å²) in [5.41, 5.74) is 12.4. The largest absolute Gasteiger partial charge is 0.420 e. The first-order valence-corrected chi connectivity index (χ1v) is 10.3. The highest BCUT2D eigenvalue weighted by atomic mass is 16.5. The average Bonchev–Trinajstić information content (AvgIpc) is 3.22. The number of hydrogen-bond donors (Lipinski definition) is 2. The second kappa shape index (κ2) is 7.82. The third-order valence-electron chi connectivity index (χ3n) is 5.88. The van der Waals surface area contributed by atoms with E-state index in [-0.39, 0.29) is 11.8 Å². The fourth-order valence-electron chi connectivity index (χ4n) is 4.22. The van der Waals surface area contributed by atoms with Crippen molar-refractivity contribution in [3.8, 4) is 23.2 Å². The molecule has 0 radical (unpaired) electrons. The fourth-order valence-corrected chi connectivity index (χ4v) is 4.22. The normalized spacial score (nSPS) is 18.3. The van der Waals surface area contributed by atoms with Gasteiger partial charge in [-0.05, 0) is 24.6 Å². The summed E-state index contributed by atoms with van der Waals surface area (Å²) < 4.78 is 11.2.